The summed E-state index contributed by atoms with van der Waals surface area (Å²) in [5, 5.41) is 0. The van der Waals surface area contributed by atoms with E-state index in [-0.39, 0.29) is 5.82 Å². The van der Waals surface area contributed by atoms with Crippen molar-refractivity contribution in [2.24, 2.45) is 0 Å². The van der Waals surface area contributed by atoms with Crippen molar-refractivity contribution in [1.29, 1.82) is 0 Å². The molecule has 1 aliphatic rings. The predicted octanol–water partition coefficient (Wildman–Crippen LogP) is 3.16. The lowest BCUT2D eigenvalue weighted by Crippen LogP contribution is -2.46. The zero-order chi connectivity index (χ0) is 14.7. The smallest absolute Gasteiger partial charge is 0.167 e. The third kappa shape index (κ3) is 2.94. The highest BCUT2D eigenvalue weighted by atomic mass is 19.1. The van der Waals surface area contributed by atoms with E-state index in [2.05, 4.69) is 34.1 Å². The Labute approximate surface area is 124 Å². The Hall–Kier alpha value is -2.23. The third-order valence-electron chi connectivity index (χ3n) is 3.90. The monoisotopic (exact) mass is 286 g/mol. The fourth-order valence-corrected chi connectivity index (χ4v) is 2.71. The van der Waals surface area contributed by atoms with E-state index in [0.29, 0.717) is 5.75 Å². The molecular formula is C17H19FN2O. The van der Waals surface area contributed by atoms with Crippen molar-refractivity contribution >= 4 is 11.4 Å². The fraction of sp³-hybridized carbons (Fsp3) is 0.294. The first-order valence-electron chi connectivity index (χ1n) is 7.16. The molecule has 0 N–H and O–H groups in total. The third-order valence-corrected chi connectivity index (χ3v) is 3.90. The minimum atomic E-state index is -0.305. The van der Waals surface area contributed by atoms with Crippen LogP contribution >= 0.6 is 0 Å². The maximum absolute atomic E-state index is 13.8. The number of piperazine rings is 1. The van der Waals surface area contributed by atoms with Gasteiger partial charge in [0.2, 0.25) is 0 Å². The average Bonchev–Trinajstić information content (AvgIpc) is 2.56. The molecule has 3 nitrogen and oxygen atoms in total. The lowest BCUT2D eigenvalue weighted by molar-refractivity contribution is 0.386. The first-order valence-corrected chi connectivity index (χ1v) is 7.16. The number of nitrogens with zero attached hydrogens (tertiary/aromatic N) is 2. The number of anilines is 2. The predicted molar refractivity (Wildman–Crippen MR) is 83.8 cm³/mol. The van der Waals surface area contributed by atoms with Crippen molar-refractivity contribution < 1.29 is 9.13 Å². The molecule has 0 bridgehead atoms. The van der Waals surface area contributed by atoms with Gasteiger partial charge in [0.05, 0.1) is 7.11 Å². The zero-order valence-electron chi connectivity index (χ0n) is 12.1. The van der Waals surface area contributed by atoms with Gasteiger partial charge < -0.3 is 14.5 Å². The second-order valence-corrected chi connectivity index (χ2v) is 5.13. The fourth-order valence-electron chi connectivity index (χ4n) is 2.71. The molecular weight excluding hydrogens is 267 g/mol. The van der Waals surface area contributed by atoms with E-state index in [1.54, 1.807) is 12.1 Å². The summed E-state index contributed by atoms with van der Waals surface area (Å²) in [6.45, 7) is 3.66. The van der Waals surface area contributed by atoms with Crippen molar-refractivity contribution in [2.75, 3.05) is 43.1 Å². The number of para-hydroxylation sites is 1. The molecule has 0 unspecified atom stereocenters. The van der Waals surface area contributed by atoms with Crippen molar-refractivity contribution in [3.8, 4) is 5.75 Å². The number of halogens is 1. The molecule has 1 saturated heterocycles. The van der Waals surface area contributed by atoms with E-state index in [1.165, 1.54) is 12.8 Å². The van der Waals surface area contributed by atoms with Crippen LogP contribution in [0.2, 0.25) is 0 Å². The standard InChI is InChI=1S/C17H19FN2O/c1-21-17-8-7-15(13-16(17)18)20-11-9-19(10-12-20)14-5-3-2-4-6-14/h2-8,13H,9-12H2,1H3. The SMILES string of the molecule is COc1ccc(N2CCN(c3ccccc3)CC2)cc1F. The van der Waals surface area contributed by atoms with Crippen molar-refractivity contribution in [2.45, 2.75) is 0 Å². The van der Waals surface area contributed by atoms with Crippen LogP contribution in [-0.2, 0) is 0 Å². The molecule has 0 aromatic heterocycles. The van der Waals surface area contributed by atoms with Gasteiger partial charge in [0.1, 0.15) is 0 Å². The Morgan fingerprint density at radius 1 is 0.857 bits per heavy atom. The second kappa shape index (κ2) is 6.04. The first-order chi connectivity index (χ1) is 10.3. The second-order valence-electron chi connectivity index (χ2n) is 5.13. The quantitative estimate of drug-likeness (QED) is 0.862. The molecule has 0 saturated carbocycles. The Balaban J connectivity index is 1.67. The van der Waals surface area contributed by atoms with Gasteiger partial charge in [-0.15, -0.1) is 0 Å². The number of rotatable bonds is 3. The normalized spacial score (nSPS) is 15.1. The summed E-state index contributed by atoms with van der Waals surface area (Å²) < 4.78 is 18.7. The van der Waals surface area contributed by atoms with Crippen LogP contribution in [0, 0.1) is 5.82 Å². The average molecular weight is 286 g/mol. The molecule has 2 aromatic rings. The lowest BCUT2D eigenvalue weighted by Gasteiger charge is -2.37. The summed E-state index contributed by atoms with van der Waals surface area (Å²) in [6, 6.07) is 15.6. The molecule has 1 aliphatic heterocycles. The highest BCUT2D eigenvalue weighted by Gasteiger charge is 2.18. The molecule has 0 spiro atoms. The summed E-state index contributed by atoms with van der Waals surface area (Å²) in [4.78, 5) is 4.57. The van der Waals surface area contributed by atoms with Crippen LogP contribution in [-0.4, -0.2) is 33.3 Å². The number of benzene rings is 2. The van der Waals surface area contributed by atoms with Gasteiger partial charge in [-0.1, -0.05) is 18.2 Å². The van der Waals surface area contributed by atoms with Crippen molar-refractivity contribution in [3.05, 3.63) is 54.3 Å². The molecule has 0 radical (unpaired) electrons. The first kappa shape index (κ1) is 13.7. The Bertz CT molecular complexity index is 595. The van der Waals surface area contributed by atoms with Crippen molar-refractivity contribution in [1.82, 2.24) is 0 Å². The highest BCUT2D eigenvalue weighted by Crippen LogP contribution is 2.25. The molecule has 1 heterocycles. The van der Waals surface area contributed by atoms with Crippen LogP contribution in [0.4, 0.5) is 15.8 Å². The van der Waals surface area contributed by atoms with Gasteiger partial charge in [0, 0.05) is 43.6 Å². The van der Waals surface area contributed by atoms with Gasteiger partial charge in [-0.3, -0.25) is 0 Å². The molecule has 0 amide bonds. The Morgan fingerprint density at radius 2 is 1.48 bits per heavy atom. The van der Waals surface area contributed by atoms with E-state index in [9.17, 15) is 4.39 Å². The Kier molecular flexibility index (Phi) is 3.95. The molecule has 21 heavy (non-hydrogen) atoms. The van der Waals surface area contributed by atoms with Crippen LogP contribution in [0.25, 0.3) is 0 Å². The number of hydrogen-bond donors (Lipinski definition) is 0. The molecule has 2 aromatic carbocycles. The summed E-state index contributed by atoms with van der Waals surface area (Å²) in [5.74, 6) is -0.0119. The molecule has 1 fully saturated rings. The molecule has 110 valence electrons. The highest BCUT2D eigenvalue weighted by molar-refractivity contribution is 5.53. The van der Waals surface area contributed by atoms with Crippen molar-refractivity contribution in [3.63, 3.8) is 0 Å². The maximum Gasteiger partial charge on any atom is 0.167 e. The van der Waals surface area contributed by atoms with Gasteiger partial charge in [-0.25, -0.2) is 4.39 Å². The topological polar surface area (TPSA) is 15.7 Å². The summed E-state index contributed by atoms with van der Waals surface area (Å²) in [5.41, 5.74) is 2.17. The van der Waals surface area contributed by atoms with Crippen LogP contribution < -0.4 is 14.5 Å². The molecule has 0 aliphatic carbocycles. The van der Waals surface area contributed by atoms with Gasteiger partial charge >= 0.3 is 0 Å². The van der Waals surface area contributed by atoms with Crippen LogP contribution in [0.15, 0.2) is 48.5 Å². The van der Waals surface area contributed by atoms with Crippen LogP contribution in [0.1, 0.15) is 0 Å². The van der Waals surface area contributed by atoms with Crippen LogP contribution in [0.3, 0.4) is 0 Å². The van der Waals surface area contributed by atoms with E-state index < -0.39 is 0 Å². The summed E-state index contributed by atoms with van der Waals surface area (Å²) >= 11 is 0. The summed E-state index contributed by atoms with van der Waals surface area (Å²) in [6.07, 6.45) is 0. The number of methoxy groups -OCH3 is 1. The largest absolute Gasteiger partial charge is 0.494 e. The Morgan fingerprint density at radius 3 is 2.05 bits per heavy atom. The van der Waals surface area contributed by atoms with Gasteiger partial charge in [0.15, 0.2) is 11.6 Å². The maximum atomic E-state index is 13.8. The van der Waals surface area contributed by atoms with Gasteiger partial charge in [-0.05, 0) is 24.3 Å². The van der Waals surface area contributed by atoms with E-state index >= 15 is 0 Å². The minimum Gasteiger partial charge on any atom is -0.494 e. The van der Waals surface area contributed by atoms with E-state index in [4.69, 9.17) is 4.74 Å². The molecule has 4 heteroatoms. The van der Waals surface area contributed by atoms with E-state index in [0.717, 1.165) is 31.9 Å². The number of ether oxygens (including phenoxy) is 1. The van der Waals surface area contributed by atoms with Gasteiger partial charge in [0.25, 0.3) is 0 Å². The van der Waals surface area contributed by atoms with E-state index in [1.807, 2.05) is 12.1 Å². The van der Waals surface area contributed by atoms with Crippen LogP contribution in [0.5, 0.6) is 5.75 Å². The number of hydrogen-bond acceptors (Lipinski definition) is 3. The summed E-state index contributed by atoms with van der Waals surface area (Å²) in [7, 11) is 1.48. The lowest BCUT2D eigenvalue weighted by atomic mass is 10.2. The minimum absolute atomic E-state index is 0.293. The zero-order valence-corrected chi connectivity index (χ0v) is 12.1. The molecule has 3 rings (SSSR count). The van der Waals surface area contributed by atoms with Gasteiger partial charge in [-0.2, -0.15) is 0 Å². The molecule has 0 atom stereocenters.